The van der Waals surface area contributed by atoms with E-state index in [0.29, 0.717) is 12.1 Å². The van der Waals surface area contributed by atoms with Crippen LogP contribution in [0.25, 0.3) is 0 Å². The van der Waals surface area contributed by atoms with Gasteiger partial charge in [-0.15, -0.1) is 0 Å². The highest BCUT2D eigenvalue weighted by molar-refractivity contribution is 5.36. The summed E-state index contributed by atoms with van der Waals surface area (Å²) in [5.74, 6) is -0.615. The van der Waals surface area contributed by atoms with E-state index in [0.717, 1.165) is 36.5 Å². The van der Waals surface area contributed by atoms with Crippen LogP contribution in [0.5, 0.6) is 0 Å². The van der Waals surface area contributed by atoms with Crippen molar-refractivity contribution in [2.45, 2.75) is 31.9 Å². The fraction of sp³-hybridized carbons (Fsp3) is 0.333. The van der Waals surface area contributed by atoms with Gasteiger partial charge in [-0.1, -0.05) is 0 Å². The van der Waals surface area contributed by atoms with Crippen LogP contribution < -0.4 is 0 Å². The van der Waals surface area contributed by atoms with Gasteiger partial charge in [0.15, 0.2) is 0 Å². The Balaban J connectivity index is 1.89. The number of rotatable bonds is 3. The minimum atomic E-state index is -0.615. The van der Waals surface area contributed by atoms with Crippen LogP contribution in [0.15, 0.2) is 30.6 Å². The smallest absolute Gasteiger partial charge is 0.272 e. The van der Waals surface area contributed by atoms with Gasteiger partial charge in [0.2, 0.25) is 0 Å². The summed E-state index contributed by atoms with van der Waals surface area (Å²) in [7, 11) is 0. The van der Waals surface area contributed by atoms with Crippen LogP contribution in [0, 0.1) is 15.9 Å². The minimum Gasteiger partial charge on any atom is -0.388 e. The number of aliphatic hydroxyl groups excluding tert-OH is 1. The van der Waals surface area contributed by atoms with Crippen molar-refractivity contribution < 1.29 is 14.4 Å². The minimum absolute atomic E-state index is 0.248. The fourth-order valence-electron chi connectivity index (χ4n) is 2.86. The van der Waals surface area contributed by atoms with Crippen LogP contribution in [0.1, 0.15) is 35.6 Å². The molecular weight excluding hydrogens is 275 g/mol. The van der Waals surface area contributed by atoms with Crippen molar-refractivity contribution in [1.82, 2.24) is 4.57 Å². The highest BCUT2D eigenvalue weighted by atomic mass is 19.1. The molecule has 0 amide bonds. The van der Waals surface area contributed by atoms with Gasteiger partial charge in [-0.05, 0) is 36.5 Å². The number of aromatic nitrogens is 1. The topological polar surface area (TPSA) is 68.3 Å². The van der Waals surface area contributed by atoms with Gasteiger partial charge in [-0.2, -0.15) is 0 Å². The zero-order chi connectivity index (χ0) is 15.0. The van der Waals surface area contributed by atoms with Crippen LogP contribution in [0.4, 0.5) is 10.1 Å². The van der Waals surface area contributed by atoms with Crippen LogP contribution >= 0.6 is 0 Å². The Kier molecular flexibility index (Phi) is 3.47. The molecule has 110 valence electrons. The molecular formula is C15H15FN2O3. The normalized spacial score (nSPS) is 17.5. The van der Waals surface area contributed by atoms with E-state index < -0.39 is 16.8 Å². The second-order valence-electron chi connectivity index (χ2n) is 5.39. The molecule has 3 rings (SSSR count). The molecule has 1 aromatic heterocycles. The molecule has 0 saturated heterocycles. The first-order chi connectivity index (χ1) is 10.0. The van der Waals surface area contributed by atoms with E-state index in [1.807, 2.05) is 17.0 Å². The van der Waals surface area contributed by atoms with Crippen LogP contribution in [-0.2, 0) is 13.0 Å². The van der Waals surface area contributed by atoms with Crippen molar-refractivity contribution in [1.29, 1.82) is 0 Å². The van der Waals surface area contributed by atoms with Gasteiger partial charge in [0, 0.05) is 30.6 Å². The summed E-state index contributed by atoms with van der Waals surface area (Å²) in [6.07, 6.45) is 5.94. The Morgan fingerprint density at radius 2 is 2.19 bits per heavy atom. The summed E-state index contributed by atoms with van der Waals surface area (Å²) in [6.45, 7) is 0.346. The molecule has 1 heterocycles. The van der Waals surface area contributed by atoms with Crippen LogP contribution in [0.3, 0.4) is 0 Å². The summed E-state index contributed by atoms with van der Waals surface area (Å²) in [5, 5.41) is 20.7. The number of non-ortho nitro benzene ring substituents is 1. The van der Waals surface area contributed by atoms with Gasteiger partial charge < -0.3 is 9.67 Å². The summed E-state index contributed by atoms with van der Waals surface area (Å²) < 4.78 is 15.3. The maximum absolute atomic E-state index is 13.4. The van der Waals surface area contributed by atoms with Crippen molar-refractivity contribution in [3.63, 3.8) is 0 Å². The average molecular weight is 290 g/mol. The Morgan fingerprint density at radius 1 is 1.38 bits per heavy atom. The molecule has 2 aromatic rings. The highest BCUT2D eigenvalue weighted by Gasteiger charge is 2.20. The van der Waals surface area contributed by atoms with E-state index in [9.17, 15) is 19.6 Å². The molecule has 0 aliphatic heterocycles. The highest BCUT2D eigenvalue weighted by Crippen LogP contribution is 2.30. The molecule has 6 heteroatoms. The van der Waals surface area contributed by atoms with Crippen molar-refractivity contribution in [2.75, 3.05) is 0 Å². The Bertz CT molecular complexity index is 696. The van der Waals surface area contributed by atoms with Gasteiger partial charge in [-0.25, -0.2) is 4.39 Å². The first-order valence-corrected chi connectivity index (χ1v) is 6.83. The van der Waals surface area contributed by atoms with E-state index in [2.05, 4.69) is 0 Å². The fourth-order valence-corrected chi connectivity index (χ4v) is 2.86. The number of halogens is 1. The quantitative estimate of drug-likeness (QED) is 0.698. The lowest BCUT2D eigenvalue weighted by molar-refractivity contribution is -0.385. The number of fused-ring (bicyclic) bond motifs is 1. The third kappa shape index (κ3) is 2.80. The lowest BCUT2D eigenvalue weighted by Crippen LogP contribution is -2.05. The third-order valence-corrected chi connectivity index (χ3v) is 3.80. The van der Waals surface area contributed by atoms with E-state index in [-0.39, 0.29) is 5.69 Å². The molecule has 1 atom stereocenters. The molecule has 0 spiro atoms. The summed E-state index contributed by atoms with van der Waals surface area (Å²) in [5.41, 5.74) is 2.29. The van der Waals surface area contributed by atoms with Crippen molar-refractivity contribution in [2.24, 2.45) is 0 Å². The standard InChI is InChI=1S/C15H15FN2O3/c16-12-4-10(5-13(6-12)18(20)21)7-17-8-11-2-1-3-15(19)14(11)9-17/h4-6,8-9,15,19H,1-3,7H2. The lowest BCUT2D eigenvalue weighted by atomic mass is 9.93. The SMILES string of the molecule is O=[N+]([O-])c1cc(F)cc(Cn2cc3c(c2)C(O)CCC3)c1. The zero-order valence-electron chi connectivity index (χ0n) is 11.3. The number of hydrogen-bond donors (Lipinski definition) is 1. The molecule has 0 fully saturated rings. The number of benzene rings is 1. The maximum atomic E-state index is 13.4. The third-order valence-electron chi connectivity index (χ3n) is 3.80. The first-order valence-electron chi connectivity index (χ1n) is 6.83. The van der Waals surface area contributed by atoms with Gasteiger partial charge >= 0.3 is 0 Å². The summed E-state index contributed by atoms with van der Waals surface area (Å²) >= 11 is 0. The second kappa shape index (κ2) is 5.29. The molecule has 5 nitrogen and oxygen atoms in total. The van der Waals surface area contributed by atoms with Crippen molar-refractivity contribution in [3.8, 4) is 0 Å². The van der Waals surface area contributed by atoms with Crippen molar-refractivity contribution >= 4 is 5.69 Å². The average Bonchev–Trinajstić information content (AvgIpc) is 2.82. The summed E-state index contributed by atoms with van der Waals surface area (Å²) in [4.78, 5) is 10.2. The number of nitro groups is 1. The zero-order valence-corrected chi connectivity index (χ0v) is 11.3. The van der Waals surface area contributed by atoms with Crippen molar-refractivity contribution in [3.05, 3.63) is 63.2 Å². The second-order valence-corrected chi connectivity index (χ2v) is 5.39. The summed E-state index contributed by atoms with van der Waals surface area (Å²) in [6, 6.07) is 3.58. The molecule has 1 aromatic carbocycles. The molecule has 0 saturated carbocycles. The molecule has 1 N–H and O–H groups in total. The number of nitrogens with zero attached hydrogens (tertiary/aromatic N) is 2. The van der Waals surface area contributed by atoms with E-state index in [4.69, 9.17) is 0 Å². The predicted molar refractivity (Wildman–Crippen MR) is 74.5 cm³/mol. The Hall–Kier alpha value is -2.21. The molecule has 0 radical (unpaired) electrons. The van der Waals surface area contributed by atoms with Gasteiger partial charge in [-0.3, -0.25) is 10.1 Å². The van der Waals surface area contributed by atoms with Gasteiger partial charge in [0.25, 0.3) is 5.69 Å². The lowest BCUT2D eigenvalue weighted by Gasteiger charge is -2.16. The monoisotopic (exact) mass is 290 g/mol. The Morgan fingerprint density at radius 3 is 2.90 bits per heavy atom. The van der Waals surface area contributed by atoms with E-state index in [1.165, 1.54) is 12.1 Å². The van der Waals surface area contributed by atoms with Gasteiger partial charge in [0.05, 0.1) is 17.1 Å². The molecule has 0 bridgehead atoms. The predicted octanol–water partition coefficient (Wildman–Crippen LogP) is 2.95. The van der Waals surface area contributed by atoms with Crippen LogP contribution in [-0.4, -0.2) is 14.6 Å². The largest absolute Gasteiger partial charge is 0.388 e. The molecule has 21 heavy (non-hydrogen) atoms. The molecule has 1 aliphatic carbocycles. The van der Waals surface area contributed by atoms with Crippen LogP contribution in [0.2, 0.25) is 0 Å². The number of nitro benzene ring substituents is 1. The maximum Gasteiger partial charge on any atom is 0.272 e. The Labute approximate surface area is 120 Å². The first kappa shape index (κ1) is 13.8. The molecule has 1 aliphatic rings. The van der Waals surface area contributed by atoms with E-state index >= 15 is 0 Å². The van der Waals surface area contributed by atoms with Gasteiger partial charge in [0.1, 0.15) is 5.82 Å². The number of hydrogen-bond acceptors (Lipinski definition) is 3. The number of aryl methyl sites for hydroxylation is 1. The molecule has 1 unspecified atom stereocenters. The number of aliphatic hydroxyl groups is 1. The van der Waals surface area contributed by atoms with E-state index in [1.54, 1.807) is 0 Å².